The van der Waals surface area contributed by atoms with Gasteiger partial charge in [-0.15, -0.1) is 0 Å². The third-order valence-corrected chi connectivity index (χ3v) is 5.44. The number of hydrogen-bond donors (Lipinski definition) is 0. The van der Waals surface area contributed by atoms with E-state index in [1.165, 1.54) is 5.41 Å². The second-order valence-electron chi connectivity index (χ2n) is 6.01. The fraction of sp³-hybridized carbons (Fsp3) is 0.400. The zero-order valence-corrected chi connectivity index (χ0v) is 16.1. The van der Waals surface area contributed by atoms with Crippen LogP contribution >= 0.6 is 0 Å². The van der Waals surface area contributed by atoms with Crippen LogP contribution in [0, 0.1) is 18.3 Å². The van der Waals surface area contributed by atoms with Crippen molar-refractivity contribution in [1.82, 2.24) is 0 Å². The Labute approximate surface area is 156 Å². The highest BCUT2D eigenvalue weighted by Gasteiger charge is 2.54. The van der Waals surface area contributed by atoms with Crippen molar-refractivity contribution in [1.29, 1.82) is 0 Å². The molecule has 140 valence electrons. The summed E-state index contributed by atoms with van der Waals surface area (Å²) in [7, 11) is -1.37. The Morgan fingerprint density at radius 2 is 1.73 bits per heavy atom. The number of carbonyl (C=O) groups excluding carboxylic acids is 2. The summed E-state index contributed by atoms with van der Waals surface area (Å²) >= 11 is 0. The van der Waals surface area contributed by atoms with Crippen molar-refractivity contribution >= 4 is 22.7 Å². The first-order chi connectivity index (χ1) is 12.5. The molecule has 2 atom stereocenters. The lowest BCUT2D eigenvalue weighted by Crippen LogP contribution is -2.44. The highest BCUT2D eigenvalue weighted by Crippen LogP contribution is 2.42. The lowest BCUT2D eigenvalue weighted by Gasteiger charge is -2.29. The summed E-state index contributed by atoms with van der Waals surface area (Å²) in [6, 6.07) is 7.37. The topological polar surface area (TPSA) is 69.7 Å². The Balaban J connectivity index is 2.27. The number of aryl methyl sites for hydroxylation is 1. The van der Waals surface area contributed by atoms with Gasteiger partial charge >= 0.3 is 11.9 Å². The van der Waals surface area contributed by atoms with Gasteiger partial charge in [0.05, 0.1) is 24.0 Å². The molecule has 0 spiro atoms. The maximum atomic E-state index is 12.6. The third kappa shape index (κ3) is 4.12. The van der Waals surface area contributed by atoms with Crippen LogP contribution in [0.4, 0.5) is 0 Å². The molecule has 1 aliphatic carbocycles. The SMILES string of the molecule is CCOC(=O)C1(C(=O)OCC)CC=C[C@H]1/C=C/S(=O)c1ccc(C)cc1. The van der Waals surface area contributed by atoms with Crippen LogP contribution in [0.3, 0.4) is 0 Å². The van der Waals surface area contributed by atoms with Gasteiger partial charge in [0.1, 0.15) is 0 Å². The lowest BCUT2D eigenvalue weighted by molar-refractivity contribution is -0.173. The van der Waals surface area contributed by atoms with Crippen molar-refractivity contribution in [3.63, 3.8) is 0 Å². The van der Waals surface area contributed by atoms with Crippen molar-refractivity contribution in [3.05, 3.63) is 53.5 Å². The first kappa shape index (κ1) is 20.1. The van der Waals surface area contributed by atoms with E-state index in [0.29, 0.717) is 4.90 Å². The zero-order chi connectivity index (χ0) is 19.2. The monoisotopic (exact) mass is 376 g/mol. The molecule has 1 aliphatic rings. The molecule has 1 unspecified atom stereocenters. The molecular weight excluding hydrogens is 352 g/mol. The van der Waals surface area contributed by atoms with Gasteiger partial charge in [-0.1, -0.05) is 35.9 Å². The molecule has 0 fully saturated rings. The van der Waals surface area contributed by atoms with Crippen LogP contribution in [0.25, 0.3) is 0 Å². The summed E-state index contributed by atoms with van der Waals surface area (Å²) < 4.78 is 22.8. The van der Waals surface area contributed by atoms with E-state index in [9.17, 15) is 13.8 Å². The van der Waals surface area contributed by atoms with Gasteiger partial charge in [0.25, 0.3) is 0 Å². The number of ether oxygens (including phenoxy) is 2. The van der Waals surface area contributed by atoms with E-state index in [1.807, 2.05) is 19.1 Å². The first-order valence-corrected chi connectivity index (χ1v) is 9.83. The normalized spacial score (nSPS) is 19.4. The van der Waals surface area contributed by atoms with E-state index in [0.717, 1.165) is 5.56 Å². The molecule has 0 N–H and O–H groups in total. The quantitative estimate of drug-likeness (QED) is 0.415. The van der Waals surface area contributed by atoms with Crippen molar-refractivity contribution < 1.29 is 23.3 Å². The molecule has 0 saturated heterocycles. The first-order valence-electron chi connectivity index (χ1n) is 8.62. The fourth-order valence-corrected chi connectivity index (χ4v) is 3.75. The van der Waals surface area contributed by atoms with Crippen molar-refractivity contribution in [2.24, 2.45) is 11.3 Å². The van der Waals surface area contributed by atoms with Crippen LogP contribution in [0.2, 0.25) is 0 Å². The number of benzene rings is 1. The Kier molecular flexibility index (Phi) is 6.91. The second-order valence-corrected chi connectivity index (χ2v) is 7.35. The number of carbonyl (C=O) groups is 2. The average molecular weight is 376 g/mol. The maximum absolute atomic E-state index is 12.6. The van der Waals surface area contributed by atoms with Gasteiger partial charge in [0.15, 0.2) is 5.41 Å². The molecule has 0 heterocycles. The summed E-state index contributed by atoms with van der Waals surface area (Å²) in [6.07, 6.45) is 5.36. The van der Waals surface area contributed by atoms with Gasteiger partial charge in [-0.2, -0.15) is 0 Å². The van der Waals surface area contributed by atoms with Gasteiger partial charge in [0, 0.05) is 16.2 Å². The zero-order valence-electron chi connectivity index (χ0n) is 15.3. The molecule has 0 bridgehead atoms. The average Bonchev–Trinajstić information content (AvgIpc) is 3.05. The van der Waals surface area contributed by atoms with Crippen LogP contribution in [0.5, 0.6) is 0 Å². The number of rotatable bonds is 7. The number of hydrogen-bond acceptors (Lipinski definition) is 5. The van der Waals surface area contributed by atoms with Crippen LogP contribution in [0.15, 0.2) is 52.8 Å². The summed E-state index contributed by atoms with van der Waals surface area (Å²) in [5.41, 5.74) is -0.364. The van der Waals surface area contributed by atoms with Crippen molar-refractivity contribution in [2.45, 2.75) is 32.1 Å². The third-order valence-electron chi connectivity index (χ3n) is 4.29. The van der Waals surface area contributed by atoms with E-state index in [2.05, 4.69) is 0 Å². The van der Waals surface area contributed by atoms with Gasteiger partial charge in [-0.25, -0.2) is 4.21 Å². The fourth-order valence-electron chi connectivity index (χ4n) is 2.88. The van der Waals surface area contributed by atoms with E-state index >= 15 is 0 Å². The van der Waals surface area contributed by atoms with Crippen molar-refractivity contribution in [2.75, 3.05) is 13.2 Å². The molecule has 0 aromatic heterocycles. The van der Waals surface area contributed by atoms with Crippen molar-refractivity contribution in [3.8, 4) is 0 Å². The molecule has 26 heavy (non-hydrogen) atoms. The van der Waals surface area contributed by atoms with Gasteiger partial charge < -0.3 is 9.47 Å². The summed E-state index contributed by atoms with van der Waals surface area (Å²) in [4.78, 5) is 25.8. The minimum atomic E-state index is -1.44. The Morgan fingerprint density at radius 3 is 2.27 bits per heavy atom. The minimum absolute atomic E-state index is 0.172. The highest BCUT2D eigenvalue weighted by molar-refractivity contribution is 7.88. The molecule has 0 radical (unpaired) electrons. The predicted octanol–water partition coefficient (Wildman–Crippen LogP) is 3.31. The van der Waals surface area contributed by atoms with E-state index in [4.69, 9.17) is 9.47 Å². The smallest absolute Gasteiger partial charge is 0.324 e. The Bertz CT molecular complexity index is 715. The van der Waals surface area contributed by atoms with Crippen LogP contribution in [0.1, 0.15) is 25.8 Å². The van der Waals surface area contributed by atoms with Crippen LogP contribution in [-0.4, -0.2) is 29.4 Å². The largest absolute Gasteiger partial charge is 0.465 e. The molecule has 5 nitrogen and oxygen atoms in total. The molecule has 1 aromatic carbocycles. The second kappa shape index (κ2) is 8.94. The van der Waals surface area contributed by atoms with Gasteiger partial charge in [0.2, 0.25) is 0 Å². The molecule has 0 amide bonds. The number of esters is 2. The molecule has 6 heteroatoms. The number of allylic oxidation sites excluding steroid dienone is 3. The lowest BCUT2D eigenvalue weighted by atomic mass is 9.77. The van der Waals surface area contributed by atoms with Crippen LogP contribution in [-0.2, 0) is 29.9 Å². The maximum Gasteiger partial charge on any atom is 0.324 e. The van der Waals surface area contributed by atoms with Crippen LogP contribution < -0.4 is 0 Å². The van der Waals surface area contributed by atoms with Gasteiger partial charge in [-0.05, 0) is 39.3 Å². The molecule has 2 rings (SSSR count). The van der Waals surface area contributed by atoms with E-state index in [1.54, 1.807) is 44.2 Å². The molecule has 0 saturated carbocycles. The van der Waals surface area contributed by atoms with E-state index in [-0.39, 0.29) is 19.6 Å². The summed E-state index contributed by atoms with van der Waals surface area (Å²) in [6.45, 7) is 5.68. The molecular formula is C20H24O5S. The van der Waals surface area contributed by atoms with Gasteiger partial charge in [-0.3, -0.25) is 9.59 Å². The summed E-state index contributed by atoms with van der Waals surface area (Å²) in [5.74, 6) is -1.78. The Hall–Kier alpha value is -2.21. The van der Waals surface area contributed by atoms with E-state index < -0.39 is 34.1 Å². The summed E-state index contributed by atoms with van der Waals surface area (Å²) in [5, 5.41) is 1.51. The standard InChI is InChI=1S/C20H24O5S/c1-4-24-18(21)20(19(22)25-5-2)13-6-7-16(20)12-14-26(23)17-10-8-15(3)9-11-17/h6-12,14,16H,4-5,13H2,1-3H3/b14-12+/t16-,26?/m0/s1. The molecule has 1 aromatic rings. The predicted molar refractivity (Wildman–Crippen MR) is 99.7 cm³/mol. The molecule has 0 aliphatic heterocycles. The minimum Gasteiger partial charge on any atom is -0.465 e. The Morgan fingerprint density at radius 1 is 1.15 bits per heavy atom. The highest BCUT2D eigenvalue weighted by atomic mass is 32.2.